The van der Waals surface area contributed by atoms with E-state index in [1.165, 1.54) is 11.3 Å². The molecule has 2 aliphatic rings. The van der Waals surface area contributed by atoms with Crippen molar-refractivity contribution in [3.8, 4) is 0 Å². The normalized spacial score (nSPS) is 26.4. The van der Waals surface area contributed by atoms with E-state index in [1.54, 1.807) is 0 Å². The summed E-state index contributed by atoms with van der Waals surface area (Å²) in [7, 11) is -3.69. The van der Waals surface area contributed by atoms with E-state index in [-0.39, 0.29) is 17.0 Å². The largest absolute Gasteiger partial charge is 0.299 e. The van der Waals surface area contributed by atoms with Crippen molar-refractivity contribution in [1.29, 1.82) is 0 Å². The van der Waals surface area contributed by atoms with Gasteiger partial charge in [0.1, 0.15) is 5.78 Å². The Balaban J connectivity index is 1.49. The first-order valence-corrected chi connectivity index (χ1v) is 12.0. The molecule has 2 aromatic carbocycles. The Morgan fingerprint density at radius 3 is 2.71 bits per heavy atom. The maximum absolute atomic E-state index is 13.0. The number of thiazole rings is 1. The molecule has 1 aromatic heterocycles. The summed E-state index contributed by atoms with van der Waals surface area (Å²) in [6.45, 7) is 4.10. The molecule has 2 atom stereocenters. The number of ketones is 1. The van der Waals surface area contributed by atoms with Gasteiger partial charge >= 0.3 is 0 Å². The molecule has 5 rings (SSSR count). The van der Waals surface area contributed by atoms with Crippen LogP contribution in [0.15, 0.2) is 36.4 Å². The van der Waals surface area contributed by atoms with Crippen molar-refractivity contribution in [2.45, 2.75) is 33.1 Å². The first kappa shape index (κ1) is 18.1. The molecule has 7 heteroatoms. The molecule has 0 spiro atoms. The van der Waals surface area contributed by atoms with E-state index >= 15 is 0 Å². The van der Waals surface area contributed by atoms with Crippen molar-refractivity contribution in [2.75, 3.05) is 10.5 Å². The second kappa shape index (κ2) is 5.76. The van der Waals surface area contributed by atoms with Gasteiger partial charge in [-0.15, -0.1) is 0 Å². The van der Waals surface area contributed by atoms with E-state index in [0.29, 0.717) is 23.9 Å². The second-order valence-electron chi connectivity index (χ2n) is 8.68. The van der Waals surface area contributed by atoms with Crippen molar-refractivity contribution in [1.82, 2.24) is 4.98 Å². The van der Waals surface area contributed by atoms with Crippen molar-refractivity contribution in [2.24, 2.45) is 16.7 Å². The zero-order valence-electron chi connectivity index (χ0n) is 15.9. The minimum Gasteiger partial charge on any atom is -0.299 e. The Hall–Kier alpha value is -1.99. The van der Waals surface area contributed by atoms with Crippen LogP contribution in [-0.4, -0.2) is 24.9 Å². The van der Waals surface area contributed by atoms with Gasteiger partial charge in [-0.05, 0) is 35.6 Å². The van der Waals surface area contributed by atoms with Crippen LogP contribution in [0.2, 0.25) is 0 Å². The maximum atomic E-state index is 13.0. The van der Waals surface area contributed by atoms with Gasteiger partial charge in [0.05, 0.1) is 21.4 Å². The van der Waals surface area contributed by atoms with Crippen molar-refractivity contribution in [3.63, 3.8) is 0 Å². The minimum atomic E-state index is -3.69. The summed E-state index contributed by atoms with van der Waals surface area (Å²) < 4.78 is 29.6. The number of hydrogen-bond donors (Lipinski definition) is 1. The number of carbonyl (C=O) groups excluding carboxylic acids is 1. The number of anilines is 1. The number of aromatic nitrogens is 1. The summed E-state index contributed by atoms with van der Waals surface area (Å²) in [5.74, 6) is 0.248. The molecule has 0 amide bonds. The highest BCUT2D eigenvalue weighted by molar-refractivity contribution is 7.93. The zero-order valence-corrected chi connectivity index (χ0v) is 17.5. The highest BCUT2D eigenvalue weighted by Gasteiger charge is 2.65. The average molecular weight is 415 g/mol. The van der Waals surface area contributed by atoms with E-state index in [4.69, 9.17) is 0 Å². The van der Waals surface area contributed by atoms with Gasteiger partial charge in [0.2, 0.25) is 10.0 Å². The van der Waals surface area contributed by atoms with E-state index in [2.05, 4.69) is 23.6 Å². The first-order valence-electron chi connectivity index (χ1n) is 9.54. The molecule has 0 unspecified atom stereocenters. The molecule has 1 heterocycles. The third-order valence-corrected chi connectivity index (χ3v) is 9.54. The second-order valence-corrected chi connectivity index (χ2v) is 11.4. The predicted octanol–water partition coefficient (Wildman–Crippen LogP) is 4.59. The quantitative estimate of drug-likeness (QED) is 0.678. The van der Waals surface area contributed by atoms with Crippen LogP contribution in [0.3, 0.4) is 0 Å². The lowest BCUT2D eigenvalue weighted by molar-refractivity contribution is -0.128. The fraction of sp³-hybridized carbons (Fsp3) is 0.429. The SMILES string of the molecule is CC1(C)[C@@H]2CC[C@]1(CS(=O)(=O)Nc1nc3c(ccc4ccccc43)s1)C(=O)C2. The number of hydrogen-bond acceptors (Lipinski definition) is 5. The van der Waals surface area contributed by atoms with Gasteiger partial charge in [-0.1, -0.05) is 55.5 Å². The number of sulfonamides is 1. The molecule has 0 saturated heterocycles. The van der Waals surface area contributed by atoms with Crippen LogP contribution in [0.5, 0.6) is 0 Å². The monoisotopic (exact) mass is 414 g/mol. The molecule has 28 heavy (non-hydrogen) atoms. The number of fused-ring (bicyclic) bond motifs is 5. The van der Waals surface area contributed by atoms with E-state index in [1.807, 2.05) is 36.4 Å². The molecule has 2 saturated carbocycles. The van der Waals surface area contributed by atoms with Crippen LogP contribution in [0.1, 0.15) is 33.1 Å². The van der Waals surface area contributed by atoms with Crippen molar-refractivity contribution >= 4 is 53.3 Å². The van der Waals surface area contributed by atoms with Crippen LogP contribution in [0.4, 0.5) is 5.13 Å². The predicted molar refractivity (Wildman–Crippen MR) is 113 cm³/mol. The van der Waals surface area contributed by atoms with Gasteiger partial charge in [0.15, 0.2) is 5.13 Å². The number of Topliss-reactive ketones (excluding diaryl/α,β-unsaturated/α-hetero) is 1. The topological polar surface area (TPSA) is 76.1 Å². The average Bonchev–Trinajstić information content (AvgIpc) is 3.19. The number of rotatable bonds is 4. The fourth-order valence-electron chi connectivity index (χ4n) is 5.31. The summed E-state index contributed by atoms with van der Waals surface area (Å²) in [6.07, 6.45) is 2.10. The third kappa shape index (κ3) is 2.45. The Labute approximate surface area is 168 Å². The van der Waals surface area contributed by atoms with Gasteiger partial charge in [0, 0.05) is 11.8 Å². The first-order chi connectivity index (χ1) is 13.2. The molecule has 1 N–H and O–H groups in total. The Kier molecular flexibility index (Phi) is 3.72. The highest BCUT2D eigenvalue weighted by atomic mass is 32.2. The van der Waals surface area contributed by atoms with E-state index in [9.17, 15) is 13.2 Å². The molecule has 0 aliphatic heterocycles. The standard InChI is InChI=1S/C21H22N2O3S2/c1-20(2)14-9-10-21(20,17(24)11-14)12-28(25,26)23-19-22-18-15-6-4-3-5-13(15)7-8-16(18)27-19/h3-8,14H,9-12H2,1-2H3,(H,22,23)/t14-,21+/m1/s1. The summed E-state index contributed by atoms with van der Waals surface area (Å²) in [6, 6.07) is 11.9. The summed E-state index contributed by atoms with van der Waals surface area (Å²) in [5, 5.41) is 2.44. The molecule has 146 valence electrons. The summed E-state index contributed by atoms with van der Waals surface area (Å²) in [5.41, 5.74) is -0.243. The van der Waals surface area contributed by atoms with E-state index < -0.39 is 15.4 Å². The lowest BCUT2D eigenvalue weighted by atomic mass is 9.70. The van der Waals surface area contributed by atoms with E-state index in [0.717, 1.165) is 27.4 Å². The molecule has 3 aromatic rings. The third-order valence-electron chi connectivity index (χ3n) is 7.10. The van der Waals surface area contributed by atoms with Crippen LogP contribution < -0.4 is 4.72 Å². The molecule has 2 fully saturated rings. The van der Waals surface area contributed by atoms with Crippen molar-refractivity contribution in [3.05, 3.63) is 36.4 Å². The maximum Gasteiger partial charge on any atom is 0.235 e. The smallest absolute Gasteiger partial charge is 0.235 e. The molecule has 0 radical (unpaired) electrons. The minimum absolute atomic E-state index is 0.106. The molecule has 2 aliphatic carbocycles. The number of nitrogens with zero attached hydrogens (tertiary/aromatic N) is 1. The Morgan fingerprint density at radius 1 is 1.21 bits per heavy atom. The molecule has 5 nitrogen and oxygen atoms in total. The zero-order chi connectivity index (χ0) is 19.7. The van der Waals surface area contributed by atoms with Gasteiger partial charge in [-0.25, -0.2) is 13.4 Å². The number of carbonyl (C=O) groups is 1. The summed E-state index contributed by atoms with van der Waals surface area (Å²) >= 11 is 1.33. The summed E-state index contributed by atoms with van der Waals surface area (Å²) in [4.78, 5) is 17.2. The highest BCUT2D eigenvalue weighted by Crippen LogP contribution is 2.64. The van der Waals surface area contributed by atoms with Crippen LogP contribution in [0, 0.1) is 16.7 Å². The lowest BCUT2D eigenvalue weighted by Gasteiger charge is -2.35. The molecular weight excluding hydrogens is 392 g/mol. The Morgan fingerprint density at radius 2 is 2.00 bits per heavy atom. The number of benzene rings is 2. The van der Waals surface area contributed by atoms with Gasteiger partial charge in [-0.2, -0.15) is 0 Å². The molecular formula is C21H22N2O3S2. The number of nitrogens with one attached hydrogen (secondary N) is 1. The van der Waals surface area contributed by atoms with Crippen molar-refractivity contribution < 1.29 is 13.2 Å². The Bertz CT molecular complexity index is 1230. The fourth-order valence-corrected chi connectivity index (χ4v) is 8.30. The lowest BCUT2D eigenvalue weighted by Crippen LogP contribution is -2.43. The molecule has 2 bridgehead atoms. The van der Waals surface area contributed by atoms with Gasteiger partial charge in [-0.3, -0.25) is 9.52 Å². The van der Waals surface area contributed by atoms with Crippen LogP contribution in [-0.2, 0) is 14.8 Å². The van der Waals surface area contributed by atoms with Gasteiger partial charge in [0.25, 0.3) is 0 Å². The van der Waals surface area contributed by atoms with Gasteiger partial charge < -0.3 is 0 Å². The van der Waals surface area contributed by atoms with Crippen LogP contribution in [0.25, 0.3) is 21.0 Å². The van der Waals surface area contributed by atoms with Crippen LogP contribution >= 0.6 is 11.3 Å².